The van der Waals surface area contributed by atoms with E-state index in [0.717, 1.165) is 16.1 Å². The van der Waals surface area contributed by atoms with Gasteiger partial charge in [-0.1, -0.05) is 36.4 Å². The number of rotatable bonds is 6. The van der Waals surface area contributed by atoms with Gasteiger partial charge in [0.1, 0.15) is 15.6 Å². The minimum absolute atomic E-state index is 0.386. The minimum Gasteiger partial charge on any atom is -0.495 e. The second kappa shape index (κ2) is 8.87. The molecular weight excluding hydrogens is 388 g/mol. The fraction of sp³-hybridized carbons (Fsp3) is 0.227. The summed E-state index contributed by atoms with van der Waals surface area (Å²) < 4.78 is 10.6. The number of carbonyl (C=O) groups is 2. The molecule has 0 aliphatic carbocycles. The Morgan fingerprint density at radius 3 is 2.52 bits per heavy atom. The van der Waals surface area contributed by atoms with E-state index in [1.165, 1.54) is 25.4 Å². The van der Waals surface area contributed by atoms with Gasteiger partial charge in [-0.05, 0) is 38.5 Å². The number of hydrogen-bond acceptors (Lipinski definition) is 6. The number of methoxy groups -OCH3 is 1. The number of aromatic nitrogens is 1. The lowest BCUT2D eigenvalue weighted by Gasteiger charge is -2.15. The van der Waals surface area contributed by atoms with Gasteiger partial charge in [-0.25, -0.2) is 9.78 Å². The van der Waals surface area contributed by atoms with Crippen molar-refractivity contribution in [1.29, 1.82) is 0 Å². The second-order valence-electron chi connectivity index (χ2n) is 6.54. The number of ether oxygens (including phenoxy) is 2. The highest BCUT2D eigenvalue weighted by Gasteiger charge is 2.24. The molecule has 0 saturated carbocycles. The van der Waals surface area contributed by atoms with Crippen molar-refractivity contribution >= 4 is 28.9 Å². The van der Waals surface area contributed by atoms with Crippen LogP contribution in [0.2, 0.25) is 0 Å². The Labute approximate surface area is 173 Å². The number of benzene rings is 2. The van der Waals surface area contributed by atoms with Crippen molar-refractivity contribution in [3.05, 3.63) is 64.7 Å². The SMILES string of the molecule is COc1ccc(C)cc1NC(=O)[C@@H](C)OC(=O)c1sc(-c2ccccc2)nc1C. The van der Waals surface area contributed by atoms with E-state index in [-0.39, 0.29) is 0 Å². The maximum absolute atomic E-state index is 12.6. The molecule has 1 heterocycles. The molecular formula is C22H22N2O4S. The molecule has 1 atom stereocenters. The molecule has 0 radical (unpaired) electrons. The standard InChI is InChI=1S/C22H22N2O4S/c1-13-10-11-18(27-4)17(12-13)24-20(25)15(3)28-22(26)19-14(2)23-21(29-19)16-8-6-5-7-9-16/h5-12,15H,1-4H3,(H,24,25)/t15-/m1/s1. The summed E-state index contributed by atoms with van der Waals surface area (Å²) in [5.41, 5.74) is 3.00. The van der Waals surface area contributed by atoms with Crippen LogP contribution in [0.5, 0.6) is 5.75 Å². The van der Waals surface area contributed by atoms with Crippen LogP contribution in [0.25, 0.3) is 10.6 Å². The molecule has 0 saturated heterocycles. The van der Waals surface area contributed by atoms with Crippen LogP contribution in [0.3, 0.4) is 0 Å². The van der Waals surface area contributed by atoms with Gasteiger partial charge in [0.15, 0.2) is 6.10 Å². The van der Waals surface area contributed by atoms with Gasteiger partial charge in [-0.2, -0.15) is 0 Å². The summed E-state index contributed by atoms with van der Waals surface area (Å²) >= 11 is 1.25. The van der Waals surface area contributed by atoms with Crippen LogP contribution in [0, 0.1) is 13.8 Å². The third-order valence-corrected chi connectivity index (χ3v) is 5.46. The lowest BCUT2D eigenvalue weighted by Crippen LogP contribution is -2.30. The average Bonchev–Trinajstić information content (AvgIpc) is 3.10. The van der Waals surface area contributed by atoms with Crippen LogP contribution in [-0.4, -0.2) is 30.1 Å². The van der Waals surface area contributed by atoms with Crippen molar-refractivity contribution in [1.82, 2.24) is 4.98 Å². The van der Waals surface area contributed by atoms with Crippen LogP contribution in [-0.2, 0) is 9.53 Å². The Bertz CT molecular complexity index is 1030. The number of thiazole rings is 1. The topological polar surface area (TPSA) is 77.5 Å². The molecule has 2 aromatic carbocycles. The summed E-state index contributed by atoms with van der Waals surface area (Å²) in [6.07, 6.45) is -0.977. The molecule has 1 N–H and O–H groups in total. The van der Waals surface area contributed by atoms with Gasteiger partial charge < -0.3 is 14.8 Å². The average molecular weight is 410 g/mol. The largest absolute Gasteiger partial charge is 0.495 e. The van der Waals surface area contributed by atoms with Crippen LogP contribution < -0.4 is 10.1 Å². The first-order chi connectivity index (χ1) is 13.9. The van der Waals surface area contributed by atoms with Crippen LogP contribution >= 0.6 is 11.3 Å². The smallest absolute Gasteiger partial charge is 0.351 e. The molecule has 150 valence electrons. The molecule has 0 aliphatic rings. The number of nitrogens with one attached hydrogen (secondary N) is 1. The Kier molecular flexibility index (Phi) is 6.29. The summed E-state index contributed by atoms with van der Waals surface area (Å²) in [7, 11) is 1.53. The molecule has 0 fully saturated rings. The predicted octanol–water partition coefficient (Wildman–Crippen LogP) is 4.62. The summed E-state index contributed by atoms with van der Waals surface area (Å²) in [6, 6.07) is 15.1. The van der Waals surface area contributed by atoms with Crippen LogP contribution in [0.15, 0.2) is 48.5 Å². The van der Waals surface area contributed by atoms with Crippen molar-refractivity contribution in [2.75, 3.05) is 12.4 Å². The number of amides is 1. The Hall–Kier alpha value is -3.19. The molecule has 1 aromatic heterocycles. The number of anilines is 1. The van der Waals surface area contributed by atoms with E-state index in [4.69, 9.17) is 9.47 Å². The third kappa shape index (κ3) is 4.81. The lowest BCUT2D eigenvalue weighted by atomic mass is 10.2. The molecule has 29 heavy (non-hydrogen) atoms. The van der Waals surface area contributed by atoms with Crippen LogP contribution in [0.1, 0.15) is 27.9 Å². The number of carbonyl (C=O) groups excluding carboxylic acids is 2. The first-order valence-electron chi connectivity index (χ1n) is 9.08. The number of aryl methyl sites for hydroxylation is 2. The van der Waals surface area contributed by atoms with Gasteiger partial charge in [0.2, 0.25) is 0 Å². The number of esters is 1. The molecule has 1 amide bonds. The van der Waals surface area contributed by atoms with Crippen molar-refractivity contribution < 1.29 is 19.1 Å². The monoisotopic (exact) mass is 410 g/mol. The highest BCUT2D eigenvalue weighted by Crippen LogP contribution is 2.29. The number of nitrogens with zero attached hydrogens (tertiary/aromatic N) is 1. The maximum atomic E-state index is 12.6. The zero-order chi connectivity index (χ0) is 21.0. The maximum Gasteiger partial charge on any atom is 0.351 e. The van der Waals surface area contributed by atoms with Gasteiger partial charge in [0.25, 0.3) is 5.91 Å². The number of hydrogen-bond donors (Lipinski definition) is 1. The zero-order valence-corrected chi connectivity index (χ0v) is 17.5. The van der Waals surface area contributed by atoms with E-state index < -0.39 is 18.0 Å². The van der Waals surface area contributed by atoms with E-state index in [9.17, 15) is 9.59 Å². The molecule has 0 unspecified atom stereocenters. The van der Waals surface area contributed by atoms with Gasteiger partial charge in [0, 0.05) is 5.56 Å². The predicted molar refractivity (Wildman–Crippen MR) is 114 cm³/mol. The van der Waals surface area contributed by atoms with E-state index >= 15 is 0 Å². The van der Waals surface area contributed by atoms with Gasteiger partial charge in [0.05, 0.1) is 18.5 Å². The van der Waals surface area contributed by atoms with Gasteiger partial charge in [-0.15, -0.1) is 11.3 Å². The fourth-order valence-corrected chi connectivity index (χ4v) is 3.67. The summed E-state index contributed by atoms with van der Waals surface area (Å²) in [5.74, 6) is -0.470. The molecule has 0 aliphatic heterocycles. The first-order valence-corrected chi connectivity index (χ1v) is 9.90. The van der Waals surface area contributed by atoms with E-state index in [0.29, 0.717) is 22.0 Å². The third-order valence-electron chi connectivity index (χ3n) is 4.27. The quantitative estimate of drug-likeness (QED) is 0.600. The van der Waals surface area contributed by atoms with E-state index in [1.54, 1.807) is 19.1 Å². The molecule has 3 aromatic rings. The second-order valence-corrected chi connectivity index (χ2v) is 7.54. The highest BCUT2D eigenvalue weighted by molar-refractivity contribution is 7.17. The minimum atomic E-state index is -0.977. The molecule has 0 spiro atoms. The molecule has 3 rings (SSSR count). The Morgan fingerprint density at radius 1 is 1.10 bits per heavy atom. The van der Waals surface area contributed by atoms with E-state index in [1.807, 2.05) is 43.3 Å². The van der Waals surface area contributed by atoms with Crippen molar-refractivity contribution in [2.24, 2.45) is 0 Å². The molecule has 6 nitrogen and oxygen atoms in total. The summed E-state index contributed by atoms with van der Waals surface area (Å²) in [5, 5.41) is 3.48. The van der Waals surface area contributed by atoms with Gasteiger partial charge in [-0.3, -0.25) is 4.79 Å². The fourth-order valence-electron chi connectivity index (χ4n) is 2.71. The summed E-state index contributed by atoms with van der Waals surface area (Å²) in [4.78, 5) is 30.0. The summed E-state index contributed by atoms with van der Waals surface area (Å²) in [6.45, 7) is 5.20. The van der Waals surface area contributed by atoms with Gasteiger partial charge >= 0.3 is 5.97 Å². The molecule has 0 bridgehead atoms. The van der Waals surface area contributed by atoms with Crippen molar-refractivity contribution in [3.8, 4) is 16.3 Å². The van der Waals surface area contributed by atoms with Crippen molar-refractivity contribution in [3.63, 3.8) is 0 Å². The highest BCUT2D eigenvalue weighted by atomic mass is 32.1. The lowest BCUT2D eigenvalue weighted by molar-refractivity contribution is -0.123. The normalized spacial score (nSPS) is 11.6. The van der Waals surface area contributed by atoms with Crippen LogP contribution in [0.4, 0.5) is 5.69 Å². The molecule has 7 heteroatoms. The first kappa shape index (κ1) is 20.5. The van der Waals surface area contributed by atoms with Crippen molar-refractivity contribution in [2.45, 2.75) is 26.9 Å². The Morgan fingerprint density at radius 2 is 1.83 bits per heavy atom. The zero-order valence-electron chi connectivity index (χ0n) is 16.7. The Balaban J connectivity index is 1.70. The van der Waals surface area contributed by atoms with E-state index in [2.05, 4.69) is 10.3 Å².